The first-order valence-corrected chi connectivity index (χ1v) is 11.4. The summed E-state index contributed by atoms with van der Waals surface area (Å²) >= 11 is 0. The SMILES string of the molecule is CC(C)(CC(=O)N1CCC[C@H](C(=O)O)C1)NC(=O)OCC1c2ccccc2-c2ccccc21. The van der Waals surface area contributed by atoms with Crippen molar-refractivity contribution in [3.05, 3.63) is 59.7 Å². The van der Waals surface area contributed by atoms with E-state index in [-0.39, 0.29) is 31.4 Å². The average Bonchev–Trinajstić information content (AvgIpc) is 3.11. The van der Waals surface area contributed by atoms with E-state index in [4.69, 9.17) is 4.74 Å². The van der Waals surface area contributed by atoms with Gasteiger partial charge in [-0.1, -0.05) is 48.5 Å². The zero-order valence-electron chi connectivity index (χ0n) is 19.0. The number of carboxylic acids is 1. The Kier molecular flexibility index (Phi) is 6.40. The Morgan fingerprint density at radius 3 is 2.27 bits per heavy atom. The van der Waals surface area contributed by atoms with Crippen LogP contribution < -0.4 is 5.32 Å². The molecule has 2 aliphatic rings. The molecule has 1 saturated heterocycles. The maximum Gasteiger partial charge on any atom is 0.407 e. The van der Waals surface area contributed by atoms with Crippen molar-refractivity contribution in [3.63, 3.8) is 0 Å². The number of benzene rings is 2. The number of piperidine rings is 1. The topological polar surface area (TPSA) is 95.9 Å². The predicted octanol–water partition coefficient (Wildman–Crippen LogP) is 4.02. The van der Waals surface area contributed by atoms with Crippen LogP contribution in [0.15, 0.2) is 48.5 Å². The molecule has 0 radical (unpaired) electrons. The lowest BCUT2D eigenvalue weighted by molar-refractivity contribution is -0.145. The van der Waals surface area contributed by atoms with Crippen LogP contribution in [-0.2, 0) is 14.3 Å². The Morgan fingerprint density at radius 2 is 1.67 bits per heavy atom. The minimum absolute atomic E-state index is 0.0332. The Balaban J connectivity index is 1.34. The largest absolute Gasteiger partial charge is 0.481 e. The summed E-state index contributed by atoms with van der Waals surface area (Å²) in [5.41, 5.74) is 3.78. The van der Waals surface area contributed by atoms with E-state index in [9.17, 15) is 19.5 Å². The number of hydrogen-bond donors (Lipinski definition) is 2. The molecule has 7 heteroatoms. The zero-order valence-corrected chi connectivity index (χ0v) is 19.0. The van der Waals surface area contributed by atoms with Gasteiger partial charge in [-0.3, -0.25) is 9.59 Å². The number of nitrogens with one attached hydrogen (secondary N) is 1. The second-order valence-corrected chi connectivity index (χ2v) is 9.53. The van der Waals surface area contributed by atoms with Crippen molar-refractivity contribution in [1.82, 2.24) is 10.2 Å². The molecule has 174 valence electrons. The summed E-state index contributed by atoms with van der Waals surface area (Å²) in [6, 6.07) is 16.3. The van der Waals surface area contributed by atoms with Crippen LogP contribution in [0.3, 0.4) is 0 Å². The fraction of sp³-hybridized carbons (Fsp3) is 0.423. The minimum Gasteiger partial charge on any atom is -0.481 e. The molecule has 33 heavy (non-hydrogen) atoms. The van der Waals surface area contributed by atoms with Crippen molar-refractivity contribution in [2.75, 3.05) is 19.7 Å². The first kappa shape index (κ1) is 22.8. The van der Waals surface area contributed by atoms with Crippen LogP contribution in [0.5, 0.6) is 0 Å². The molecule has 0 bridgehead atoms. The van der Waals surface area contributed by atoms with Crippen molar-refractivity contribution < 1.29 is 24.2 Å². The standard InChI is InChI=1S/C26H30N2O5/c1-26(2,14-23(29)28-13-7-8-17(15-28)24(30)31)27-25(32)33-16-22-20-11-5-3-9-18(20)19-10-4-6-12-21(19)22/h3-6,9-12,17,22H,7-8,13-16H2,1-2H3,(H,27,32)(H,30,31)/t17-/m0/s1. The van der Waals surface area contributed by atoms with Crippen LogP contribution >= 0.6 is 0 Å². The number of likely N-dealkylation sites (tertiary alicyclic amines) is 1. The van der Waals surface area contributed by atoms with Crippen molar-refractivity contribution in [2.24, 2.45) is 5.92 Å². The van der Waals surface area contributed by atoms with Gasteiger partial charge in [0.1, 0.15) is 6.61 Å². The Labute approximate surface area is 193 Å². The highest BCUT2D eigenvalue weighted by Crippen LogP contribution is 2.44. The third-order valence-corrected chi connectivity index (χ3v) is 6.50. The Bertz CT molecular complexity index is 1020. The third kappa shape index (κ3) is 5.02. The van der Waals surface area contributed by atoms with Crippen LogP contribution in [-0.4, -0.2) is 53.2 Å². The number of ether oxygens (including phenoxy) is 1. The van der Waals surface area contributed by atoms with Gasteiger partial charge in [0.05, 0.1) is 5.92 Å². The number of aliphatic carboxylic acids is 1. The van der Waals surface area contributed by atoms with Gasteiger partial charge in [0.25, 0.3) is 0 Å². The quantitative estimate of drug-likeness (QED) is 0.693. The molecule has 1 atom stereocenters. The summed E-state index contributed by atoms with van der Waals surface area (Å²) in [6.07, 6.45) is 0.754. The lowest BCUT2D eigenvalue weighted by Crippen LogP contribution is -2.50. The van der Waals surface area contributed by atoms with E-state index in [1.165, 1.54) is 0 Å². The molecule has 0 aromatic heterocycles. The first-order chi connectivity index (χ1) is 15.7. The van der Waals surface area contributed by atoms with E-state index in [0.717, 1.165) is 22.3 Å². The van der Waals surface area contributed by atoms with Gasteiger partial charge in [-0.15, -0.1) is 0 Å². The van der Waals surface area contributed by atoms with E-state index in [1.54, 1.807) is 18.7 Å². The molecule has 1 aliphatic carbocycles. The summed E-state index contributed by atoms with van der Waals surface area (Å²) in [6.45, 7) is 4.51. The maximum atomic E-state index is 12.7. The second-order valence-electron chi connectivity index (χ2n) is 9.53. The van der Waals surface area contributed by atoms with E-state index in [2.05, 4.69) is 29.6 Å². The lowest BCUT2D eigenvalue weighted by Gasteiger charge is -2.34. The van der Waals surface area contributed by atoms with Crippen LogP contribution in [0, 0.1) is 5.92 Å². The predicted molar refractivity (Wildman–Crippen MR) is 124 cm³/mol. The molecule has 2 amide bonds. The van der Waals surface area contributed by atoms with Crippen LogP contribution in [0.4, 0.5) is 4.79 Å². The Hall–Kier alpha value is -3.35. The molecular weight excluding hydrogens is 420 g/mol. The summed E-state index contributed by atoms with van der Waals surface area (Å²) in [5, 5.41) is 12.1. The van der Waals surface area contributed by atoms with Gasteiger partial charge in [-0.25, -0.2) is 4.79 Å². The molecular formula is C26H30N2O5. The molecule has 1 aliphatic heterocycles. The number of amides is 2. The molecule has 2 aromatic carbocycles. The average molecular weight is 451 g/mol. The van der Waals surface area contributed by atoms with Crippen molar-refractivity contribution in [2.45, 2.75) is 44.6 Å². The Morgan fingerprint density at radius 1 is 1.06 bits per heavy atom. The van der Waals surface area contributed by atoms with E-state index in [1.807, 2.05) is 24.3 Å². The molecule has 2 N–H and O–H groups in total. The monoisotopic (exact) mass is 450 g/mol. The van der Waals surface area contributed by atoms with Crippen molar-refractivity contribution in [3.8, 4) is 11.1 Å². The number of hydrogen-bond acceptors (Lipinski definition) is 4. The highest BCUT2D eigenvalue weighted by molar-refractivity contribution is 5.81. The number of rotatable bonds is 6. The molecule has 1 heterocycles. The normalized spacial score (nSPS) is 17.8. The second kappa shape index (κ2) is 9.25. The number of nitrogens with zero attached hydrogens (tertiary/aromatic N) is 1. The summed E-state index contributed by atoms with van der Waals surface area (Å²) in [5.74, 6) is -1.59. The van der Waals surface area contributed by atoms with Gasteiger partial charge in [0, 0.05) is 31.0 Å². The zero-order chi connectivity index (χ0) is 23.6. The van der Waals surface area contributed by atoms with Gasteiger partial charge in [-0.05, 0) is 48.9 Å². The molecule has 4 rings (SSSR count). The van der Waals surface area contributed by atoms with E-state index >= 15 is 0 Å². The molecule has 7 nitrogen and oxygen atoms in total. The van der Waals surface area contributed by atoms with Crippen LogP contribution in [0.2, 0.25) is 0 Å². The smallest absolute Gasteiger partial charge is 0.407 e. The van der Waals surface area contributed by atoms with E-state index in [0.29, 0.717) is 19.4 Å². The van der Waals surface area contributed by atoms with Crippen molar-refractivity contribution in [1.29, 1.82) is 0 Å². The fourth-order valence-corrected chi connectivity index (χ4v) is 4.85. The van der Waals surface area contributed by atoms with Gasteiger partial charge in [-0.2, -0.15) is 0 Å². The highest BCUT2D eigenvalue weighted by Gasteiger charge is 2.33. The van der Waals surface area contributed by atoms with Gasteiger partial charge in [0.2, 0.25) is 5.91 Å². The lowest BCUT2D eigenvalue weighted by atomic mass is 9.95. The fourth-order valence-electron chi connectivity index (χ4n) is 4.85. The number of carboxylic acid groups (broad SMARTS) is 1. The molecule has 2 aromatic rings. The minimum atomic E-state index is -0.872. The van der Waals surface area contributed by atoms with Gasteiger partial charge >= 0.3 is 12.1 Å². The first-order valence-electron chi connectivity index (χ1n) is 11.4. The number of carbonyl (C=O) groups is 3. The number of carbonyl (C=O) groups excluding carboxylic acids is 2. The summed E-state index contributed by atoms with van der Waals surface area (Å²) in [7, 11) is 0. The number of alkyl carbamates (subject to hydrolysis) is 1. The summed E-state index contributed by atoms with van der Waals surface area (Å²) < 4.78 is 5.60. The van der Waals surface area contributed by atoms with Gasteiger partial charge < -0.3 is 20.1 Å². The van der Waals surface area contributed by atoms with Crippen LogP contribution in [0.1, 0.15) is 50.2 Å². The van der Waals surface area contributed by atoms with Crippen molar-refractivity contribution >= 4 is 18.0 Å². The maximum absolute atomic E-state index is 12.7. The van der Waals surface area contributed by atoms with E-state index < -0.39 is 23.5 Å². The molecule has 0 spiro atoms. The van der Waals surface area contributed by atoms with Crippen LogP contribution in [0.25, 0.3) is 11.1 Å². The number of fused-ring (bicyclic) bond motifs is 3. The highest BCUT2D eigenvalue weighted by atomic mass is 16.5. The molecule has 0 saturated carbocycles. The summed E-state index contributed by atoms with van der Waals surface area (Å²) in [4.78, 5) is 38.2. The molecule has 0 unspecified atom stereocenters. The molecule has 1 fully saturated rings. The third-order valence-electron chi connectivity index (χ3n) is 6.50. The van der Waals surface area contributed by atoms with Gasteiger partial charge in [0.15, 0.2) is 0 Å².